The van der Waals surface area contributed by atoms with Crippen LogP contribution in [0.5, 0.6) is 0 Å². The van der Waals surface area contributed by atoms with Crippen molar-refractivity contribution in [2.75, 3.05) is 6.67 Å². The Balaban J connectivity index is 2.33. The van der Waals surface area contributed by atoms with Gasteiger partial charge in [0, 0.05) is 30.5 Å². The van der Waals surface area contributed by atoms with Crippen LogP contribution in [0.25, 0.3) is 0 Å². The highest BCUT2D eigenvalue weighted by atomic mass is 15.1. The Morgan fingerprint density at radius 1 is 1.64 bits per heavy atom. The van der Waals surface area contributed by atoms with Crippen LogP contribution < -0.4 is 11.1 Å². The van der Waals surface area contributed by atoms with Gasteiger partial charge in [-0.05, 0) is 0 Å². The molecule has 0 aromatic carbocycles. The molecule has 0 saturated carbocycles. The molecule has 0 aromatic heterocycles. The fourth-order valence-corrected chi connectivity index (χ4v) is 1.29. The van der Waals surface area contributed by atoms with Gasteiger partial charge in [-0.25, -0.2) is 0 Å². The summed E-state index contributed by atoms with van der Waals surface area (Å²) in [5.74, 6) is 0.630. The number of nitrogens with zero attached hydrogens (tertiary/aromatic N) is 2. The summed E-state index contributed by atoms with van der Waals surface area (Å²) in [6, 6.07) is 0.338. The lowest BCUT2D eigenvalue weighted by atomic mass is 10.0. The van der Waals surface area contributed by atoms with Gasteiger partial charge in [-0.1, -0.05) is 0 Å². The van der Waals surface area contributed by atoms with Crippen LogP contribution in [0.2, 0.25) is 0 Å². The van der Waals surface area contributed by atoms with Gasteiger partial charge in [0.2, 0.25) is 0 Å². The predicted molar refractivity (Wildman–Crippen MR) is 44.6 cm³/mol. The van der Waals surface area contributed by atoms with E-state index in [9.17, 15) is 0 Å². The van der Waals surface area contributed by atoms with E-state index < -0.39 is 0 Å². The summed E-state index contributed by atoms with van der Waals surface area (Å²) in [5, 5.41) is 3.22. The molecule has 0 aromatic rings. The molecule has 11 heavy (non-hydrogen) atoms. The topological polar surface area (TPSA) is 62.8 Å². The fourth-order valence-electron chi connectivity index (χ4n) is 1.29. The first-order chi connectivity index (χ1) is 5.38. The van der Waals surface area contributed by atoms with E-state index in [1.54, 1.807) is 6.20 Å². The Morgan fingerprint density at radius 2 is 2.55 bits per heavy atom. The molecule has 2 heterocycles. The van der Waals surface area contributed by atoms with Crippen molar-refractivity contribution in [2.24, 2.45) is 15.7 Å². The molecule has 1 unspecified atom stereocenters. The van der Waals surface area contributed by atoms with Crippen LogP contribution in [0.1, 0.15) is 6.42 Å². The first kappa shape index (κ1) is 6.54. The zero-order chi connectivity index (χ0) is 7.68. The lowest BCUT2D eigenvalue weighted by Crippen LogP contribution is -2.42. The average Bonchev–Trinajstić information content (AvgIpc) is 2.06. The van der Waals surface area contributed by atoms with Crippen molar-refractivity contribution >= 4 is 12.1 Å². The van der Waals surface area contributed by atoms with Crippen LogP contribution in [-0.4, -0.2) is 24.8 Å². The Kier molecular flexibility index (Phi) is 1.47. The lowest BCUT2D eigenvalue weighted by Gasteiger charge is -2.24. The van der Waals surface area contributed by atoms with Gasteiger partial charge in [0.1, 0.15) is 5.84 Å². The van der Waals surface area contributed by atoms with Crippen molar-refractivity contribution in [3.05, 3.63) is 11.8 Å². The van der Waals surface area contributed by atoms with Gasteiger partial charge in [0.15, 0.2) is 0 Å². The van der Waals surface area contributed by atoms with Crippen molar-refractivity contribution in [3.8, 4) is 0 Å². The molecule has 4 heteroatoms. The zero-order valence-corrected chi connectivity index (χ0v) is 6.12. The summed E-state index contributed by atoms with van der Waals surface area (Å²) < 4.78 is 0. The van der Waals surface area contributed by atoms with Crippen molar-refractivity contribution in [2.45, 2.75) is 12.5 Å². The second kappa shape index (κ2) is 2.47. The minimum Gasteiger partial charge on any atom is -0.384 e. The molecule has 4 nitrogen and oxygen atoms in total. The number of amidine groups is 1. The molecule has 2 rings (SSSR count). The van der Waals surface area contributed by atoms with Crippen LogP contribution in [-0.2, 0) is 0 Å². The van der Waals surface area contributed by atoms with Gasteiger partial charge in [-0.3, -0.25) is 15.3 Å². The molecule has 0 bridgehead atoms. The average molecular weight is 150 g/mol. The molecule has 0 fully saturated rings. The highest BCUT2D eigenvalue weighted by molar-refractivity contribution is 5.99. The Hall–Kier alpha value is -1.16. The van der Waals surface area contributed by atoms with E-state index in [2.05, 4.69) is 15.3 Å². The number of rotatable bonds is 0. The molecular weight excluding hydrogens is 140 g/mol. The first-order valence-corrected chi connectivity index (χ1v) is 3.63. The van der Waals surface area contributed by atoms with Gasteiger partial charge >= 0.3 is 0 Å². The van der Waals surface area contributed by atoms with Gasteiger partial charge in [-0.2, -0.15) is 0 Å². The molecule has 58 valence electrons. The molecule has 3 N–H and O–H groups in total. The summed E-state index contributed by atoms with van der Waals surface area (Å²) in [6.07, 6.45) is 4.58. The van der Waals surface area contributed by atoms with Crippen LogP contribution >= 0.6 is 0 Å². The second-order valence-electron chi connectivity index (χ2n) is 2.61. The summed E-state index contributed by atoms with van der Waals surface area (Å²) in [5.41, 5.74) is 6.68. The van der Waals surface area contributed by atoms with Crippen LogP contribution in [0.4, 0.5) is 0 Å². The Bertz CT molecular complexity index is 251. The van der Waals surface area contributed by atoms with Crippen LogP contribution in [0.3, 0.4) is 0 Å². The van der Waals surface area contributed by atoms with E-state index in [1.165, 1.54) is 0 Å². The van der Waals surface area contributed by atoms with Crippen LogP contribution in [0, 0.1) is 0 Å². The Morgan fingerprint density at radius 3 is 3.36 bits per heavy atom. The standard InChI is InChI=1S/C7H10N4/c8-7-5-3-9-2-1-6(5)10-4-11-7/h2-3,6,10H,1,4H2,(H2,8,11). The molecular formula is C7H10N4. The molecule has 0 spiro atoms. The number of hydrogen-bond acceptors (Lipinski definition) is 4. The normalized spacial score (nSPS) is 28.9. The third-order valence-electron chi connectivity index (χ3n) is 1.92. The van der Waals surface area contributed by atoms with Crippen molar-refractivity contribution in [1.29, 1.82) is 0 Å². The van der Waals surface area contributed by atoms with Crippen molar-refractivity contribution in [3.63, 3.8) is 0 Å². The van der Waals surface area contributed by atoms with E-state index in [0.717, 1.165) is 12.0 Å². The first-order valence-electron chi connectivity index (χ1n) is 3.63. The number of fused-ring (bicyclic) bond motifs is 1. The molecule has 2 aliphatic heterocycles. The second-order valence-corrected chi connectivity index (χ2v) is 2.61. The van der Waals surface area contributed by atoms with E-state index in [-0.39, 0.29) is 0 Å². The van der Waals surface area contributed by atoms with E-state index in [0.29, 0.717) is 18.5 Å². The lowest BCUT2D eigenvalue weighted by molar-refractivity contribution is 0.590. The molecule has 2 aliphatic rings. The number of aliphatic imine (C=N–C) groups is 2. The third-order valence-corrected chi connectivity index (χ3v) is 1.92. The number of hydrogen-bond donors (Lipinski definition) is 2. The number of nitrogens with one attached hydrogen (secondary N) is 1. The quantitative estimate of drug-likeness (QED) is 0.495. The van der Waals surface area contributed by atoms with Crippen molar-refractivity contribution < 1.29 is 0 Å². The molecule has 1 atom stereocenters. The van der Waals surface area contributed by atoms with Gasteiger partial charge in [0.05, 0.1) is 6.67 Å². The van der Waals surface area contributed by atoms with Crippen LogP contribution in [0.15, 0.2) is 21.8 Å². The fraction of sp³-hybridized carbons (Fsp3) is 0.429. The van der Waals surface area contributed by atoms with E-state index >= 15 is 0 Å². The smallest absolute Gasteiger partial charge is 0.126 e. The minimum absolute atomic E-state index is 0.338. The van der Waals surface area contributed by atoms with Gasteiger partial charge < -0.3 is 5.73 Å². The minimum atomic E-state index is 0.338. The summed E-state index contributed by atoms with van der Waals surface area (Å²) >= 11 is 0. The Labute approximate surface area is 64.9 Å². The third kappa shape index (κ3) is 1.05. The molecule has 0 radical (unpaired) electrons. The molecule has 0 saturated heterocycles. The highest BCUT2D eigenvalue weighted by Crippen LogP contribution is 2.13. The monoisotopic (exact) mass is 150 g/mol. The largest absolute Gasteiger partial charge is 0.384 e. The predicted octanol–water partition coefficient (Wildman–Crippen LogP) is -0.369. The van der Waals surface area contributed by atoms with E-state index in [4.69, 9.17) is 5.73 Å². The van der Waals surface area contributed by atoms with Gasteiger partial charge in [0.25, 0.3) is 0 Å². The SMILES string of the molecule is NC1=NCNC2CC=NC=C12. The number of nitrogens with two attached hydrogens (primary N) is 1. The summed E-state index contributed by atoms with van der Waals surface area (Å²) in [7, 11) is 0. The maximum absolute atomic E-state index is 5.66. The maximum atomic E-state index is 5.66. The summed E-state index contributed by atoms with van der Waals surface area (Å²) in [6.45, 7) is 0.627. The highest BCUT2D eigenvalue weighted by Gasteiger charge is 2.21. The van der Waals surface area contributed by atoms with E-state index in [1.807, 2.05) is 6.21 Å². The molecule has 0 aliphatic carbocycles. The van der Waals surface area contributed by atoms with Gasteiger partial charge in [-0.15, -0.1) is 0 Å². The zero-order valence-electron chi connectivity index (χ0n) is 6.12. The van der Waals surface area contributed by atoms with Crippen molar-refractivity contribution in [1.82, 2.24) is 5.32 Å². The molecule has 0 amide bonds. The maximum Gasteiger partial charge on any atom is 0.126 e. The summed E-state index contributed by atoms with van der Waals surface area (Å²) in [4.78, 5) is 8.08.